The van der Waals surface area contributed by atoms with Gasteiger partial charge < -0.3 is 4.90 Å². The largest absolute Gasteiger partial charge is 0.350 e. The summed E-state index contributed by atoms with van der Waals surface area (Å²) < 4.78 is 3.17. The molecule has 0 unspecified atom stereocenters. The number of hydrogen-bond donors (Lipinski definition) is 0. The van der Waals surface area contributed by atoms with E-state index in [1.807, 2.05) is 18.2 Å². The molecule has 0 spiro atoms. The lowest BCUT2D eigenvalue weighted by molar-refractivity contribution is 0.321. The minimum absolute atomic E-state index is 0.0352. The highest BCUT2D eigenvalue weighted by Crippen LogP contribution is 2.07. The standard InChI is InChI=1S/C13H18N4O/c18-13-16-10-2-1-6-12(16)14-17(13)11-5-9-15-7-3-4-8-15/h1-2,6,10H,3-5,7-9,11H2. The first-order valence-electron chi connectivity index (χ1n) is 6.61. The van der Waals surface area contributed by atoms with Gasteiger partial charge in [-0.3, -0.25) is 4.40 Å². The molecule has 3 rings (SSSR count). The van der Waals surface area contributed by atoms with Gasteiger partial charge in [0.05, 0.1) is 0 Å². The van der Waals surface area contributed by atoms with Crippen LogP contribution in [0.1, 0.15) is 19.3 Å². The maximum Gasteiger partial charge on any atom is 0.350 e. The van der Waals surface area contributed by atoms with Crippen LogP contribution in [0.5, 0.6) is 0 Å². The van der Waals surface area contributed by atoms with E-state index < -0.39 is 0 Å². The second kappa shape index (κ2) is 4.94. The molecule has 3 heterocycles. The van der Waals surface area contributed by atoms with Gasteiger partial charge in [-0.05, 0) is 51.0 Å². The third-order valence-corrected chi connectivity index (χ3v) is 3.53. The SMILES string of the molecule is O=c1n(CCCN2CCCC2)nc2ccccn12. The zero-order valence-electron chi connectivity index (χ0n) is 10.5. The van der Waals surface area contributed by atoms with E-state index in [9.17, 15) is 4.79 Å². The molecule has 1 fully saturated rings. The van der Waals surface area contributed by atoms with E-state index in [1.165, 1.54) is 25.9 Å². The number of aryl methyl sites for hydroxylation is 1. The smallest absolute Gasteiger partial charge is 0.303 e. The van der Waals surface area contributed by atoms with E-state index in [1.54, 1.807) is 15.3 Å². The Morgan fingerprint density at radius 2 is 2.00 bits per heavy atom. The minimum atomic E-state index is -0.0352. The van der Waals surface area contributed by atoms with Crippen molar-refractivity contribution in [2.75, 3.05) is 19.6 Å². The Bertz CT molecular complexity index is 580. The zero-order chi connectivity index (χ0) is 12.4. The van der Waals surface area contributed by atoms with Gasteiger partial charge in [0, 0.05) is 12.7 Å². The van der Waals surface area contributed by atoms with E-state index in [0.29, 0.717) is 6.54 Å². The molecule has 5 nitrogen and oxygen atoms in total. The molecule has 0 bridgehead atoms. The van der Waals surface area contributed by atoms with Gasteiger partial charge in [0.15, 0.2) is 5.65 Å². The lowest BCUT2D eigenvalue weighted by Gasteiger charge is -2.13. The van der Waals surface area contributed by atoms with E-state index in [-0.39, 0.29) is 5.69 Å². The maximum atomic E-state index is 12.0. The van der Waals surface area contributed by atoms with Gasteiger partial charge >= 0.3 is 5.69 Å². The summed E-state index contributed by atoms with van der Waals surface area (Å²) in [5.74, 6) is 0. The molecular weight excluding hydrogens is 228 g/mol. The van der Waals surface area contributed by atoms with E-state index in [4.69, 9.17) is 0 Å². The number of likely N-dealkylation sites (tertiary alicyclic amines) is 1. The van der Waals surface area contributed by atoms with Crippen LogP contribution in [0, 0.1) is 0 Å². The van der Waals surface area contributed by atoms with Crippen molar-refractivity contribution < 1.29 is 0 Å². The number of pyridine rings is 1. The van der Waals surface area contributed by atoms with Crippen molar-refractivity contribution in [2.45, 2.75) is 25.8 Å². The van der Waals surface area contributed by atoms with Crippen molar-refractivity contribution in [3.63, 3.8) is 0 Å². The Morgan fingerprint density at radius 3 is 2.78 bits per heavy atom. The van der Waals surface area contributed by atoms with Crippen molar-refractivity contribution in [3.05, 3.63) is 34.9 Å². The molecule has 0 saturated carbocycles. The third-order valence-electron chi connectivity index (χ3n) is 3.53. The molecule has 0 amide bonds. The molecule has 2 aromatic heterocycles. The Hall–Kier alpha value is -1.62. The lowest BCUT2D eigenvalue weighted by Crippen LogP contribution is -2.25. The van der Waals surface area contributed by atoms with Crippen molar-refractivity contribution in [2.24, 2.45) is 0 Å². The Kier molecular flexibility index (Phi) is 3.15. The number of hydrogen-bond acceptors (Lipinski definition) is 3. The maximum absolute atomic E-state index is 12.0. The number of aromatic nitrogens is 3. The molecule has 0 atom stereocenters. The van der Waals surface area contributed by atoms with Crippen LogP contribution in [0.3, 0.4) is 0 Å². The summed E-state index contributed by atoms with van der Waals surface area (Å²) in [5, 5.41) is 4.32. The first-order valence-corrected chi connectivity index (χ1v) is 6.61. The van der Waals surface area contributed by atoms with Crippen LogP contribution < -0.4 is 5.69 Å². The van der Waals surface area contributed by atoms with Gasteiger partial charge in [0.25, 0.3) is 0 Å². The molecule has 0 N–H and O–H groups in total. The van der Waals surface area contributed by atoms with Gasteiger partial charge in [-0.25, -0.2) is 9.48 Å². The van der Waals surface area contributed by atoms with Gasteiger partial charge in [-0.1, -0.05) is 6.07 Å². The highest BCUT2D eigenvalue weighted by atomic mass is 16.2. The summed E-state index contributed by atoms with van der Waals surface area (Å²) in [4.78, 5) is 14.5. The van der Waals surface area contributed by atoms with E-state index in [2.05, 4.69) is 10.00 Å². The van der Waals surface area contributed by atoms with Crippen LogP contribution in [0.25, 0.3) is 5.65 Å². The zero-order valence-corrected chi connectivity index (χ0v) is 10.5. The normalized spacial score (nSPS) is 16.7. The second-order valence-corrected chi connectivity index (χ2v) is 4.84. The molecule has 5 heteroatoms. The molecule has 0 aromatic carbocycles. The number of rotatable bonds is 4. The first-order chi connectivity index (χ1) is 8.84. The van der Waals surface area contributed by atoms with Crippen LogP contribution in [-0.4, -0.2) is 38.7 Å². The van der Waals surface area contributed by atoms with Crippen molar-refractivity contribution in [1.29, 1.82) is 0 Å². The Morgan fingerprint density at radius 1 is 1.17 bits per heavy atom. The first kappa shape index (κ1) is 11.5. The number of fused-ring (bicyclic) bond motifs is 1. The molecule has 2 aromatic rings. The van der Waals surface area contributed by atoms with Crippen LogP contribution in [0.4, 0.5) is 0 Å². The van der Waals surface area contributed by atoms with Crippen molar-refractivity contribution >= 4 is 5.65 Å². The predicted molar refractivity (Wildman–Crippen MR) is 69.7 cm³/mol. The summed E-state index contributed by atoms with van der Waals surface area (Å²) in [6, 6.07) is 5.61. The van der Waals surface area contributed by atoms with Crippen molar-refractivity contribution in [1.82, 2.24) is 19.1 Å². The van der Waals surface area contributed by atoms with E-state index in [0.717, 1.165) is 18.6 Å². The molecule has 1 aliphatic rings. The molecule has 1 saturated heterocycles. The highest BCUT2D eigenvalue weighted by molar-refractivity contribution is 5.35. The summed E-state index contributed by atoms with van der Waals surface area (Å²) in [5.41, 5.74) is 0.690. The highest BCUT2D eigenvalue weighted by Gasteiger charge is 2.11. The average molecular weight is 246 g/mol. The fourth-order valence-electron chi connectivity index (χ4n) is 2.56. The number of nitrogens with zero attached hydrogens (tertiary/aromatic N) is 4. The van der Waals surface area contributed by atoms with Gasteiger partial charge in [0.2, 0.25) is 0 Å². The van der Waals surface area contributed by atoms with Crippen LogP contribution in [0.2, 0.25) is 0 Å². The van der Waals surface area contributed by atoms with Crippen LogP contribution in [-0.2, 0) is 6.54 Å². The molecule has 1 aliphatic heterocycles. The van der Waals surface area contributed by atoms with Gasteiger partial charge in [-0.15, -0.1) is 5.10 Å². The van der Waals surface area contributed by atoms with Crippen LogP contribution in [0.15, 0.2) is 29.2 Å². The summed E-state index contributed by atoms with van der Waals surface area (Å²) in [6.07, 6.45) is 5.38. The van der Waals surface area contributed by atoms with E-state index >= 15 is 0 Å². The Balaban J connectivity index is 1.67. The third kappa shape index (κ3) is 2.18. The molecule has 18 heavy (non-hydrogen) atoms. The molecular formula is C13H18N4O. The second-order valence-electron chi connectivity index (χ2n) is 4.84. The topological polar surface area (TPSA) is 42.5 Å². The lowest BCUT2D eigenvalue weighted by atomic mass is 10.4. The minimum Gasteiger partial charge on any atom is -0.303 e. The van der Waals surface area contributed by atoms with Gasteiger partial charge in [-0.2, -0.15) is 0 Å². The average Bonchev–Trinajstić information content (AvgIpc) is 3.00. The molecule has 0 radical (unpaired) electrons. The van der Waals surface area contributed by atoms with Crippen molar-refractivity contribution in [3.8, 4) is 0 Å². The Labute approximate surface area is 106 Å². The van der Waals surface area contributed by atoms with Gasteiger partial charge in [0.1, 0.15) is 0 Å². The predicted octanol–water partition coefficient (Wildman–Crippen LogP) is 0.982. The summed E-state index contributed by atoms with van der Waals surface area (Å²) in [6.45, 7) is 4.19. The fourth-order valence-corrected chi connectivity index (χ4v) is 2.56. The fraction of sp³-hybridized carbons (Fsp3) is 0.538. The molecule has 96 valence electrons. The quantitative estimate of drug-likeness (QED) is 0.807. The monoisotopic (exact) mass is 246 g/mol. The van der Waals surface area contributed by atoms with Crippen LogP contribution >= 0.6 is 0 Å². The summed E-state index contributed by atoms with van der Waals surface area (Å²) >= 11 is 0. The summed E-state index contributed by atoms with van der Waals surface area (Å²) in [7, 11) is 0. The molecule has 0 aliphatic carbocycles.